The first kappa shape index (κ1) is 18.3. The standard InChI is InChI=1S/C19H18N4O4/c1-2-21-12-13(11-20)16(24)23(19(21)27)10-6-5-9-22-17(25)14-7-3-4-8-15(14)18(22)26/h3-4,7-8,12H,2,5-6,9-10H2,1H3. The third kappa shape index (κ3) is 3.19. The molecule has 1 aliphatic heterocycles. The highest BCUT2D eigenvalue weighted by Gasteiger charge is 2.34. The van der Waals surface area contributed by atoms with Crippen LogP contribution in [0.4, 0.5) is 0 Å². The number of nitrogens with zero attached hydrogens (tertiary/aromatic N) is 4. The van der Waals surface area contributed by atoms with Crippen LogP contribution >= 0.6 is 0 Å². The number of aryl methyl sites for hydroxylation is 1. The molecule has 2 aromatic rings. The second kappa shape index (κ2) is 7.41. The molecule has 2 heterocycles. The smallest absolute Gasteiger partial charge is 0.299 e. The van der Waals surface area contributed by atoms with Crippen LogP contribution in [-0.2, 0) is 13.1 Å². The number of hydrogen-bond donors (Lipinski definition) is 0. The monoisotopic (exact) mass is 366 g/mol. The molecule has 0 bridgehead atoms. The molecule has 1 aromatic heterocycles. The van der Waals surface area contributed by atoms with Gasteiger partial charge < -0.3 is 0 Å². The summed E-state index contributed by atoms with van der Waals surface area (Å²) in [6.07, 6.45) is 2.13. The second-order valence-corrected chi connectivity index (χ2v) is 6.19. The van der Waals surface area contributed by atoms with Gasteiger partial charge in [-0.1, -0.05) is 12.1 Å². The van der Waals surface area contributed by atoms with E-state index in [1.165, 1.54) is 15.7 Å². The van der Waals surface area contributed by atoms with Gasteiger partial charge >= 0.3 is 5.69 Å². The van der Waals surface area contributed by atoms with Crippen molar-refractivity contribution in [2.24, 2.45) is 0 Å². The molecule has 0 radical (unpaired) electrons. The van der Waals surface area contributed by atoms with Crippen molar-refractivity contribution in [3.63, 3.8) is 0 Å². The summed E-state index contributed by atoms with van der Waals surface area (Å²) < 4.78 is 2.34. The Balaban J connectivity index is 1.68. The van der Waals surface area contributed by atoms with E-state index in [0.717, 1.165) is 4.57 Å². The summed E-state index contributed by atoms with van der Waals surface area (Å²) in [7, 11) is 0. The van der Waals surface area contributed by atoms with Crippen LogP contribution in [0.25, 0.3) is 0 Å². The van der Waals surface area contributed by atoms with Crippen molar-refractivity contribution in [3.05, 3.63) is 68.0 Å². The Morgan fingerprint density at radius 3 is 2.11 bits per heavy atom. The summed E-state index contributed by atoms with van der Waals surface area (Å²) in [6.45, 7) is 2.43. The van der Waals surface area contributed by atoms with Gasteiger partial charge in [0.2, 0.25) is 0 Å². The van der Waals surface area contributed by atoms with Gasteiger partial charge in [-0.2, -0.15) is 5.26 Å². The molecule has 1 aromatic carbocycles. The molecule has 1 aliphatic rings. The zero-order chi connectivity index (χ0) is 19.6. The highest BCUT2D eigenvalue weighted by atomic mass is 16.2. The number of fused-ring (bicyclic) bond motifs is 1. The normalized spacial score (nSPS) is 13.0. The highest BCUT2D eigenvalue weighted by Crippen LogP contribution is 2.22. The summed E-state index contributed by atoms with van der Waals surface area (Å²) in [6, 6.07) is 8.46. The first-order valence-corrected chi connectivity index (χ1v) is 8.69. The molecule has 0 N–H and O–H groups in total. The molecule has 2 amide bonds. The highest BCUT2D eigenvalue weighted by molar-refractivity contribution is 6.21. The van der Waals surface area contributed by atoms with Gasteiger partial charge in [-0.05, 0) is 31.9 Å². The SMILES string of the molecule is CCn1cc(C#N)c(=O)n(CCCCN2C(=O)c3ccccc3C2=O)c1=O. The number of nitriles is 1. The van der Waals surface area contributed by atoms with Crippen LogP contribution in [0, 0.1) is 11.3 Å². The number of unbranched alkanes of at least 4 members (excludes halogenated alkanes) is 1. The molecule has 0 atom stereocenters. The fraction of sp³-hybridized carbons (Fsp3) is 0.316. The van der Waals surface area contributed by atoms with Crippen molar-refractivity contribution in [3.8, 4) is 6.07 Å². The third-order valence-corrected chi connectivity index (χ3v) is 4.59. The number of hydrogen-bond acceptors (Lipinski definition) is 5. The van der Waals surface area contributed by atoms with Gasteiger partial charge in [0, 0.05) is 25.8 Å². The van der Waals surface area contributed by atoms with Gasteiger partial charge in [0.05, 0.1) is 11.1 Å². The van der Waals surface area contributed by atoms with E-state index in [-0.39, 0.29) is 30.5 Å². The lowest BCUT2D eigenvalue weighted by Crippen LogP contribution is -2.41. The van der Waals surface area contributed by atoms with E-state index in [1.54, 1.807) is 37.3 Å². The minimum Gasteiger partial charge on any atom is -0.299 e. The van der Waals surface area contributed by atoms with Gasteiger partial charge in [0.25, 0.3) is 17.4 Å². The van der Waals surface area contributed by atoms with E-state index in [4.69, 9.17) is 5.26 Å². The predicted molar refractivity (Wildman–Crippen MR) is 96.4 cm³/mol. The van der Waals surface area contributed by atoms with E-state index >= 15 is 0 Å². The Morgan fingerprint density at radius 1 is 0.963 bits per heavy atom. The lowest BCUT2D eigenvalue weighted by molar-refractivity contribution is 0.0651. The molecular formula is C19H18N4O4. The number of benzene rings is 1. The largest absolute Gasteiger partial charge is 0.331 e. The zero-order valence-electron chi connectivity index (χ0n) is 14.8. The molecular weight excluding hydrogens is 348 g/mol. The molecule has 0 aliphatic carbocycles. The van der Waals surface area contributed by atoms with Crippen LogP contribution in [-0.4, -0.2) is 32.4 Å². The number of carbonyl (C=O) groups excluding carboxylic acids is 2. The van der Waals surface area contributed by atoms with Crippen LogP contribution in [0.1, 0.15) is 46.0 Å². The van der Waals surface area contributed by atoms with E-state index in [9.17, 15) is 19.2 Å². The lowest BCUT2D eigenvalue weighted by atomic mass is 10.1. The number of rotatable bonds is 6. The molecule has 0 unspecified atom stereocenters. The lowest BCUT2D eigenvalue weighted by Gasteiger charge is -2.14. The number of amides is 2. The van der Waals surface area contributed by atoms with Gasteiger partial charge in [0.15, 0.2) is 0 Å². The number of aromatic nitrogens is 2. The molecule has 8 heteroatoms. The Kier molecular flexibility index (Phi) is 5.03. The van der Waals surface area contributed by atoms with Crippen molar-refractivity contribution in [2.45, 2.75) is 32.9 Å². The Morgan fingerprint density at radius 2 is 1.56 bits per heavy atom. The van der Waals surface area contributed by atoms with Crippen LogP contribution < -0.4 is 11.2 Å². The van der Waals surface area contributed by atoms with Gasteiger partial charge in [0.1, 0.15) is 11.6 Å². The fourth-order valence-electron chi connectivity index (χ4n) is 3.14. The summed E-state index contributed by atoms with van der Waals surface area (Å²) in [5, 5.41) is 9.05. The topological polar surface area (TPSA) is 105 Å². The van der Waals surface area contributed by atoms with Crippen molar-refractivity contribution in [1.82, 2.24) is 14.0 Å². The first-order chi connectivity index (χ1) is 13.0. The molecule has 27 heavy (non-hydrogen) atoms. The summed E-state index contributed by atoms with van der Waals surface area (Å²) in [5.74, 6) is -0.653. The van der Waals surface area contributed by atoms with E-state index in [2.05, 4.69) is 0 Å². The van der Waals surface area contributed by atoms with Crippen LogP contribution in [0.2, 0.25) is 0 Å². The fourth-order valence-corrected chi connectivity index (χ4v) is 3.14. The first-order valence-electron chi connectivity index (χ1n) is 8.69. The van der Waals surface area contributed by atoms with E-state index in [1.807, 2.05) is 0 Å². The van der Waals surface area contributed by atoms with Gasteiger partial charge in [-0.3, -0.25) is 28.4 Å². The third-order valence-electron chi connectivity index (χ3n) is 4.59. The minimum atomic E-state index is -0.618. The zero-order valence-corrected chi connectivity index (χ0v) is 14.8. The molecule has 138 valence electrons. The van der Waals surface area contributed by atoms with Crippen molar-refractivity contribution in [2.75, 3.05) is 6.54 Å². The minimum absolute atomic E-state index is 0.0863. The Labute approximate surface area is 154 Å². The molecule has 8 nitrogen and oxygen atoms in total. The Hall–Kier alpha value is -3.47. The maximum absolute atomic E-state index is 12.3. The number of carbonyl (C=O) groups is 2. The summed E-state index contributed by atoms with van der Waals surface area (Å²) >= 11 is 0. The molecule has 0 saturated carbocycles. The molecule has 3 rings (SSSR count). The summed E-state index contributed by atoms with van der Waals surface area (Å²) in [4.78, 5) is 50.3. The van der Waals surface area contributed by atoms with Crippen LogP contribution in [0.15, 0.2) is 40.1 Å². The van der Waals surface area contributed by atoms with Gasteiger partial charge in [-0.15, -0.1) is 0 Å². The average molecular weight is 366 g/mol. The predicted octanol–water partition coefficient (Wildman–Crippen LogP) is 0.978. The molecule has 0 saturated heterocycles. The van der Waals surface area contributed by atoms with Gasteiger partial charge in [-0.25, -0.2) is 4.79 Å². The molecule has 0 spiro atoms. The maximum Gasteiger partial charge on any atom is 0.331 e. The van der Waals surface area contributed by atoms with E-state index < -0.39 is 11.2 Å². The quantitative estimate of drug-likeness (QED) is 0.560. The summed E-state index contributed by atoms with van der Waals surface area (Å²) in [5.41, 5.74) is -0.385. The van der Waals surface area contributed by atoms with Crippen molar-refractivity contribution in [1.29, 1.82) is 5.26 Å². The number of imide groups is 1. The van der Waals surface area contributed by atoms with Crippen molar-refractivity contribution >= 4 is 11.8 Å². The average Bonchev–Trinajstić information content (AvgIpc) is 2.92. The Bertz CT molecular complexity index is 1040. The van der Waals surface area contributed by atoms with Crippen LogP contribution in [0.3, 0.4) is 0 Å². The second-order valence-electron chi connectivity index (χ2n) is 6.19. The van der Waals surface area contributed by atoms with Crippen molar-refractivity contribution < 1.29 is 9.59 Å². The van der Waals surface area contributed by atoms with Crippen LogP contribution in [0.5, 0.6) is 0 Å². The molecule has 0 fully saturated rings. The van der Waals surface area contributed by atoms with E-state index in [0.29, 0.717) is 30.5 Å². The maximum atomic E-state index is 12.3.